The molecule has 0 saturated carbocycles. The largest absolute Gasteiger partial charge is 0.305 e. The van der Waals surface area contributed by atoms with Gasteiger partial charge in [-0.05, 0) is 6.92 Å². The number of hydrogen-bond acceptors (Lipinski definition) is 3. The van der Waals surface area contributed by atoms with E-state index < -0.39 is 21.6 Å². The summed E-state index contributed by atoms with van der Waals surface area (Å²) in [5.74, 6) is -0.705. The van der Waals surface area contributed by atoms with Crippen molar-refractivity contribution in [1.29, 1.82) is 0 Å². The van der Waals surface area contributed by atoms with Gasteiger partial charge in [-0.1, -0.05) is 24.3 Å². The fourth-order valence-electron chi connectivity index (χ4n) is 1.83. The maximum atomic E-state index is 12.0. The van der Waals surface area contributed by atoms with Crippen LogP contribution in [-0.4, -0.2) is 25.1 Å². The van der Waals surface area contributed by atoms with Crippen LogP contribution < -0.4 is 0 Å². The van der Waals surface area contributed by atoms with Gasteiger partial charge in [0.15, 0.2) is 22.6 Å². The van der Waals surface area contributed by atoms with E-state index in [-0.39, 0.29) is 17.8 Å². The lowest BCUT2D eigenvalue weighted by molar-refractivity contribution is 0.0850. The highest BCUT2D eigenvalue weighted by molar-refractivity contribution is 7.81. The summed E-state index contributed by atoms with van der Waals surface area (Å²) in [6, 6.07) is 6.38. The van der Waals surface area contributed by atoms with Crippen LogP contribution in [-0.2, 0) is 11.1 Å². The fourth-order valence-corrected chi connectivity index (χ4v) is 2.36. The molecule has 5 heteroatoms. The molecule has 2 rings (SSSR count). The fraction of sp³-hybridized carbons (Fsp3) is 0.273. The Morgan fingerprint density at radius 3 is 2.38 bits per heavy atom. The zero-order valence-corrected chi connectivity index (χ0v) is 9.41. The van der Waals surface area contributed by atoms with Crippen molar-refractivity contribution < 1.29 is 18.4 Å². The van der Waals surface area contributed by atoms with Crippen LogP contribution >= 0.6 is 0 Å². The third-order valence-corrected chi connectivity index (χ3v) is 3.94. The molecule has 0 amide bonds. The van der Waals surface area contributed by atoms with Gasteiger partial charge >= 0.3 is 0 Å². The lowest BCUT2D eigenvalue weighted by atomic mass is 9.82. The van der Waals surface area contributed by atoms with E-state index in [4.69, 9.17) is 4.55 Å². The lowest BCUT2D eigenvalue weighted by Gasteiger charge is -2.28. The van der Waals surface area contributed by atoms with Crippen molar-refractivity contribution >= 4 is 22.6 Å². The summed E-state index contributed by atoms with van der Waals surface area (Å²) in [4.78, 5) is 23.8. The van der Waals surface area contributed by atoms with Gasteiger partial charge in [-0.3, -0.25) is 9.59 Å². The minimum absolute atomic E-state index is 0.216. The number of hydrogen-bond donors (Lipinski definition) is 1. The van der Waals surface area contributed by atoms with Gasteiger partial charge < -0.3 is 4.55 Å². The highest BCUT2D eigenvalue weighted by Crippen LogP contribution is 2.32. The Balaban J connectivity index is 2.63. The maximum Gasteiger partial charge on any atom is 0.184 e. The van der Waals surface area contributed by atoms with Gasteiger partial charge in [-0.25, -0.2) is 4.21 Å². The Bertz CT molecular complexity index is 508. The molecular weight excluding hydrogens is 228 g/mol. The second kappa shape index (κ2) is 3.61. The van der Waals surface area contributed by atoms with E-state index in [0.717, 1.165) is 0 Å². The zero-order chi connectivity index (χ0) is 11.9. The van der Waals surface area contributed by atoms with Crippen LogP contribution in [0.5, 0.6) is 0 Å². The molecule has 1 N–H and O–H groups in total. The second-order valence-electron chi connectivity index (χ2n) is 3.95. The van der Waals surface area contributed by atoms with Crippen molar-refractivity contribution in [1.82, 2.24) is 0 Å². The van der Waals surface area contributed by atoms with Gasteiger partial charge in [-0.15, -0.1) is 0 Å². The maximum absolute atomic E-state index is 12.0. The summed E-state index contributed by atoms with van der Waals surface area (Å²) >= 11 is -2.35. The van der Waals surface area contributed by atoms with Crippen LogP contribution in [0.15, 0.2) is 24.3 Å². The number of fused-ring (bicyclic) bond motifs is 1. The molecular formula is C11H10O4S. The summed E-state index contributed by atoms with van der Waals surface area (Å²) in [5, 5.41) is 0. The molecule has 1 aromatic carbocycles. The number of Topliss-reactive ketones (excluding diaryl/α,β-unsaturated/α-hetero) is 2. The molecule has 0 aromatic heterocycles. The molecule has 2 atom stereocenters. The highest BCUT2D eigenvalue weighted by Gasteiger charge is 2.46. The van der Waals surface area contributed by atoms with Crippen molar-refractivity contribution in [3.63, 3.8) is 0 Å². The first-order valence-electron chi connectivity index (χ1n) is 4.75. The van der Waals surface area contributed by atoms with Crippen molar-refractivity contribution in [3.8, 4) is 0 Å². The molecule has 0 aliphatic heterocycles. The Kier molecular flexibility index (Phi) is 2.52. The molecule has 4 nitrogen and oxygen atoms in total. The first-order valence-corrected chi connectivity index (χ1v) is 5.85. The molecule has 0 heterocycles. The Labute approximate surface area is 95.0 Å². The van der Waals surface area contributed by atoms with E-state index in [1.54, 1.807) is 18.2 Å². The smallest absolute Gasteiger partial charge is 0.184 e. The van der Waals surface area contributed by atoms with Crippen molar-refractivity contribution in [2.45, 2.75) is 18.1 Å². The number of ketones is 2. The van der Waals surface area contributed by atoms with E-state index in [9.17, 15) is 13.8 Å². The van der Waals surface area contributed by atoms with Gasteiger partial charge in [0.1, 0.15) is 4.75 Å². The Morgan fingerprint density at radius 1 is 1.25 bits per heavy atom. The highest BCUT2D eigenvalue weighted by atomic mass is 32.2. The normalized spacial score (nSPS) is 26.4. The van der Waals surface area contributed by atoms with Crippen LogP contribution in [0.4, 0.5) is 0 Å². The average molecular weight is 238 g/mol. The molecule has 1 aliphatic rings. The Hall–Kier alpha value is -1.33. The quantitative estimate of drug-likeness (QED) is 0.751. The molecule has 1 aromatic rings. The third-order valence-electron chi connectivity index (χ3n) is 2.84. The van der Waals surface area contributed by atoms with E-state index in [1.165, 1.54) is 13.0 Å². The van der Waals surface area contributed by atoms with Gasteiger partial charge in [0, 0.05) is 17.5 Å². The molecule has 0 radical (unpaired) electrons. The van der Waals surface area contributed by atoms with Gasteiger partial charge in [0.2, 0.25) is 0 Å². The minimum Gasteiger partial charge on any atom is -0.305 e. The SMILES string of the molecule is C[C@]1(S(=O)O)CC(=O)c2ccccc2C1=O. The molecule has 1 aliphatic carbocycles. The summed E-state index contributed by atoms with van der Waals surface area (Å²) < 4.78 is 18.8. The number of benzene rings is 1. The average Bonchev–Trinajstić information content (AvgIpc) is 2.26. The Morgan fingerprint density at radius 2 is 1.81 bits per heavy atom. The summed E-state index contributed by atoms with van der Waals surface area (Å²) in [7, 11) is 0. The van der Waals surface area contributed by atoms with Crippen LogP contribution in [0.1, 0.15) is 34.1 Å². The first kappa shape index (κ1) is 11.2. The van der Waals surface area contributed by atoms with Gasteiger partial charge in [0.05, 0.1) is 0 Å². The van der Waals surface area contributed by atoms with Crippen LogP contribution in [0.2, 0.25) is 0 Å². The molecule has 0 bridgehead atoms. The van der Waals surface area contributed by atoms with Crippen LogP contribution in [0, 0.1) is 0 Å². The summed E-state index contributed by atoms with van der Waals surface area (Å²) in [5.41, 5.74) is 0.582. The van der Waals surface area contributed by atoms with Crippen molar-refractivity contribution in [3.05, 3.63) is 35.4 Å². The van der Waals surface area contributed by atoms with Crippen LogP contribution in [0.3, 0.4) is 0 Å². The third kappa shape index (κ3) is 1.44. The topological polar surface area (TPSA) is 71.4 Å². The molecule has 16 heavy (non-hydrogen) atoms. The monoisotopic (exact) mass is 238 g/mol. The number of carbonyl (C=O) groups excluding carboxylic acids is 2. The van der Waals surface area contributed by atoms with Crippen LogP contribution in [0.25, 0.3) is 0 Å². The first-order chi connectivity index (χ1) is 7.47. The van der Waals surface area contributed by atoms with Gasteiger partial charge in [-0.2, -0.15) is 0 Å². The molecule has 84 valence electrons. The van der Waals surface area contributed by atoms with E-state index in [2.05, 4.69) is 0 Å². The minimum atomic E-state index is -2.35. The number of rotatable bonds is 1. The molecule has 0 fully saturated rings. The lowest BCUT2D eigenvalue weighted by Crippen LogP contribution is -2.45. The second-order valence-corrected chi connectivity index (χ2v) is 5.35. The number of carbonyl (C=O) groups is 2. The molecule has 0 spiro atoms. The standard InChI is InChI=1S/C11H10O4S/c1-11(16(14)15)6-9(12)7-4-2-3-5-8(7)10(11)13/h2-5H,6H2,1H3,(H,14,15)/t11-/m0/s1. The molecule has 1 unspecified atom stereocenters. The van der Waals surface area contributed by atoms with E-state index >= 15 is 0 Å². The van der Waals surface area contributed by atoms with Crippen molar-refractivity contribution in [2.75, 3.05) is 0 Å². The van der Waals surface area contributed by atoms with Gasteiger partial charge in [0.25, 0.3) is 0 Å². The van der Waals surface area contributed by atoms with E-state index in [0.29, 0.717) is 5.56 Å². The van der Waals surface area contributed by atoms with Crippen molar-refractivity contribution in [2.24, 2.45) is 0 Å². The summed E-state index contributed by atoms with van der Waals surface area (Å²) in [6.07, 6.45) is -0.216. The summed E-state index contributed by atoms with van der Waals surface area (Å²) in [6.45, 7) is 1.35. The predicted octanol–water partition coefficient (Wildman–Crippen LogP) is 1.44. The van der Waals surface area contributed by atoms with E-state index in [1.807, 2.05) is 0 Å². The predicted molar refractivity (Wildman–Crippen MR) is 58.9 cm³/mol. The zero-order valence-electron chi connectivity index (χ0n) is 8.60. The molecule has 0 saturated heterocycles.